The maximum atomic E-state index is 11.0. The molecule has 0 aliphatic rings. The normalized spacial score (nSPS) is 10.4. The third kappa shape index (κ3) is 6.17. The number of ether oxygens (including phenoxy) is 2. The first-order chi connectivity index (χ1) is 10.2. The molecule has 1 N–H and O–H groups in total. The van der Waals surface area contributed by atoms with Crippen molar-refractivity contribution in [2.75, 3.05) is 20.3 Å². The molecule has 0 saturated heterocycles. The maximum Gasteiger partial charge on any atom is 0.243 e. The van der Waals surface area contributed by atoms with Crippen LogP contribution in [0, 0.1) is 0 Å². The van der Waals surface area contributed by atoms with Crippen molar-refractivity contribution in [1.29, 1.82) is 0 Å². The first-order valence-electron chi connectivity index (χ1n) is 7.05. The van der Waals surface area contributed by atoms with Gasteiger partial charge < -0.3 is 14.8 Å². The van der Waals surface area contributed by atoms with E-state index < -0.39 is 0 Å². The molecule has 0 saturated carbocycles. The van der Waals surface area contributed by atoms with Crippen molar-refractivity contribution in [2.45, 2.75) is 19.8 Å². The summed E-state index contributed by atoms with van der Waals surface area (Å²) < 4.78 is 11.0. The van der Waals surface area contributed by atoms with E-state index in [0.717, 1.165) is 29.9 Å². The van der Waals surface area contributed by atoms with Crippen molar-refractivity contribution in [1.82, 2.24) is 5.32 Å². The van der Waals surface area contributed by atoms with Gasteiger partial charge in [-0.2, -0.15) is 0 Å². The van der Waals surface area contributed by atoms with Gasteiger partial charge in [0.15, 0.2) is 11.5 Å². The van der Waals surface area contributed by atoms with Gasteiger partial charge >= 0.3 is 0 Å². The van der Waals surface area contributed by atoms with Gasteiger partial charge in [0.05, 0.1) is 13.7 Å². The second-order valence-corrected chi connectivity index (χ2v) is 4.46. The average Bonchev–Trinajstić information content (AvgIpc) is 2.51. The Morgan fingerprint density at radius 3 is 2.81 bits per heavy atom. The molecule has 1 aromatic rings. The van der Waals surface area contributed by atoms with Crippen LogP contribution in [0.4, 0.5) is 0 Å². The molecule has 0 unspecified atom stereocenters. The number of hydrogen-bond acceptors (Lipinski definition) is 3. The van der Waals surface area contributed by atoms with Crippen molar-refractivity contribution in [2.24, 2.45) is 0 Å². The van der Waals surface area contributed by atoms with Crippen molar-refractivity contribution in [3.63, 3.8) is 0 Å². The zero-order chi connectivity index (χ0) is 15.5. The molecule has 0 bridgehead atoms. The molecule has 0 aliphatic carbocycles. The smallest absolute Gasteiger partial charge is 0.243 e. The summed E-state index contributed by atoms with van der Waals surface area (Å²) in [7, 11) is 1.63. The van der Waals surface area contributed by atoms with Gasteiger partial charge in [-0.25, -0.2) is 0 Å². The van der Waals surface area contributed by atoms with E-state index in [9.17, 15) is 4.79 Å². The Morgan fingerprint density at radius 1 is 1.33 bits per heavy atom. The van der Waals surface area contributed by atoms with Crippen LogP contribution in [0.5, 0.6) is 11.5 Å². The minimum absolute atomic E-state index is 0.142. The van der Waals surface area contributed by atoms with E-state index in [1.165, 1.54) is 6.08 Å². The minimum atomic E-state index is -0.142. The number of benzene rings is 1. The van der Waals surface area contributed by atoms with Crippen LogP contribution in [0.15, 0.2) is 36.9 Å². The quantitative estimate of drug-likeness (QED) is 0.561. The number of carbonyl (C=O) groups is 1. The zero-order valence-corrected chi connectivity index (χ0v) is 12.7. The molecule has 0 aromatic heterocycles. The molecule has 0 radical (unpaired) electrons. The predicted octanol–water partition coefficient (Wildman–Crippen LogP) is 3.19. The van der Waals surface area contributed by atoms with E-state index in [1.807, 2.05) is 37.3 Å². The van der Waals surface area contributed by atoms with Crippen LogP contribution in [0.1, 0.15) is 25.3 Å². The van der Waals surface area contributed by atoms with Crippen LogP contribution in [0.25, 0.3) is 6.08 Å². The Labute approximate surface area is 126 Å². The van der Waals surface area contributed by atoms with Crippen molar-refractivity contribution in [3.8, 4) is 11.5 Å². The largest absolute Gasteiger partial charge is 0.493 e. The number of methoxy groups -OCH3 is 1. The fourth-order valence-corrected chi connectivity index (χ4v) is 1.79. The predicted molar refractivity (Wildman–Crippen MR) is 85.6 cm³/mol. The summed E-state index contributed by atoms with van der Waals surface area (Å²) in [6.07, 6.45) is 6.98. The number of allylic oxidation sites excluding steroid dienone is 1. The average molecular weight is 289 g/mol. The second kappa shape index (κ2) is 9.64. The van der Waals surface area contributed by atoms with Gasteiger partial charge in [-0.05, 0) is 43.5 Å². The van der Waals surface area contributed by atoms with Gasteiger partial charge in [0.1, 0.15) is 0 Å². The molecule has 0 aliphatic heterocycles. The van der Waals surface area contributed by atoms with E-state index in [4.69, 9.17) is 9.47 Å². The molecule has 4 nitrogen and oxygen atoms in total. The number of carbonyl (C=O) groups excluding carboxylic acids is 1. The lowest BCUT2D eigenvalue weighted by atomic mass is 10.2. The molecule has 4 heteroatoms. The molecule has 0 atom stereocenters. The summed E-state index contributed by atoms with van der Waals surface area (Å²) in [6.45, 7) is 6.59. The van der Waals surface area contributed by atoms with Crippen LogP contribution in [0.3, 0.4) is 0 Å². The maximum absolute atomic E-state index is 11.0. The Balaban J connectivity index is 2.37. The van der Waals surface area contributed by atoms with Gasteiger partial charge in [0.25, 0.3) is 0 Å². The van der Waals surface area contributed by atoms with Crippen LogP contribution >= 0.6 is 0 Å². The van der Waals surface area contributed by atoms with E-state index in [1.54, 1.807) is 7.11 Å². The fraction of sp³-hybridized carbons (Fsp3) is 0.353. The van der Waals surface area contributed by atoms with Crippen LogP contribution in [-0.4, -0.2) is 26.2 Å². The lowest BCUT2D eigenvalue weighted by molar-refractivity contribution is -0.116. The molecule has 21 heavy (non-hydrogen) atoms. The Kier molecular flexibility index (Phi) is 7.72. The van der Waals surface area contributed by atoms with Gasteiger partial charge in [-0.1, -0.05) is 24.8 Å². The lowest BCUT2D eigenvalue weighted by Crippen LogP contribution is -2.22. The highest BCUT2D eigenvalue weighted by atomic mass is 16.5. The van der Waals surface area contributed by atoms with Crippen molar-refractivity contribution < 1.29 is 14.3 Å². The summed E-state index contributed by atoms with van der Waals surface area (Å²) in [5.41, 5.74) is 1.08. The monoisotopic (exact) mass is 289 g/mol. The van der Waals surface area contributed by atoms with E-state index in [-0.39, 0.29) is 5.91 Å². The number of nitrogens with one attached hydrogen (secondary N) is 1. The first-order valence-corrected chi connectivity index (χ1v) is 7.05. The molecule has 0 spiro atoms. The Morgan fingerprint density at radius 2 is 2.14 bits per heavy atom. The molecule has 0 fully saturated rings. The molecular weight excluding hydrogens is 266 g/mol. The van der Waals surface area contributed by atoms with Crippen molar-refractivity contribution >= 4 is 12.0 Å². The topological polar surface area (TPSA) is 47.6 Å². The van der Waals surface area contributed by atoms with Crippen LogP contribution in [0.2, 0.25) is 0 Å². The van der Waals surface area contributed by atoms with Crippen molar-refractivity contribution in [3.05, 3.63) is 42.5 Å². The minimum Gasteiger partial charge on any atom is -0.493 e. The fourth-order valence-electron chi connectivity index (χ4n) is 1.79. The third-order valence-corrected chi connectivity index (χ3v) is 2.86. The van der Waals surface area contributed by atoms with E-state index in [0.29, 0.717) is 13.2 Å². The third-order valence-electron chi connectivity index (χ3n) is 2.86. The van der Waals surface area contributed by atoms with Gasteiger partial charge in [-0.15, -0.1) is 0 Å². The van der Waals surface area contributed by atoms with Crippen LogP contribution in [-0.2, 0) is 4.79 Å². The second-order valence-electron chi connectivity index (χ2n) is 4.46. The summed E-state index contributed by atoms with van der Waals surface area (Å²) in [5, 5.41) is 2.73. The molecule has 1 aromatic carbocycles. The molecule has 1 rings (SSSR count). The number of unbranched alkanes of at least 4 members (excludes halogenated alkanes) is 1. The first kappa shape index (κ1) is 16.8. The Hall–Kier alpha value is -2.23. The lowest BCUT2D eigenvalue weighted by Gasteiger charge is -2.11. The molecular formula is C17H23NO3. The SMILES string of the molecule is C=CC(=O)NCCCCOc1ccc(/C=C\C)cc1OC. The highest BCUT2D eigenvalue weighted by Gasteiger charge is 2.04. The standard InChI is InChI=1S/C17H23NO3/c1-4-8-14-9-10-15(16(13-14)20-3)21-12-7-6-11-18-17(19)5-2/h4-5,8-10,13H,2,6-7,11-12H2,1,3H3,(H,18,19)/b8-4-. The molecule has 1 amide bonds. The molecule has 0 heterocycles. The van der Waals surface area contributed by atoms with Gasteiger partial charge in [0, 0.05) is 6.54 Å². The summed E-state index contributed by atoms with van der Waals surface area (Å²) in [5.74, 6) is 1.32. The zero-order valence-electron chi connectivity index (χ0n) is 12.7. The van der Waals surface area contributed by atoms with Crippen LogP contribution < -0.4 is 14.8 Å². The number of amides is 1. The Bertz CT molecular complexity index is 495. The summed E-state index contributed by atoms with van der Waals surface area (Å²) in [6, 6.07) is 5.84. The molecule has 114 valence electrons. The van der Waals surface area contributed by atoms with E-state index in [2.05, 4.69) is 11.9 Å². The number of hydrogen-bond donors (Lipinski definition) is 1. The summed E-state index contributed by atoms with van der Waals surface area (Å²) in [4.78, 5) is 11.0. The van der Waals surface area contributed by atoms with Gasteiger partial charge in [-0.3, -0.25) is 4.79 Å². The van der Waals surface area contributed by atoms with E-state index >= 15 is 0 Å². The van der Waals surface area contributed by atoms with Gasteiger partial charge in [0.2, 0.25) is 5.91 Å². The highest BCUT2D eigenvalue weighted by molar-refractivity contribution is 5.86. The summed E-state index contributed by atoms with van der Waals surface area (Å²) >= 11 is 0. The highest BCUT2D eigenvalue weighted by Crippen LogP contribution is 2.28. The number of rotatable bonds is 9.